The zero-order chi connectivity index (χ0) is 12.4. The Morgan fingerprint density at radius 2 is 2.06 bits per heavy atom. The van der Waals surface area contributed by atoms with Crippen LogP contribution in [-0.2, 0) is 20.8 Å². The fourth-order valence-corrected chi connectivity index (χ4v) is 1.92. The molecule has 0 radical (unpaired) electrons. The van der Waals surface area contributed by atoms with E-state index in [-0.39, 0.29) is 0 Å². The number of para-hydroxylation sites is 1. The van der Waals surface area contributed by atoms with Gasteiger partial charge in [0, 0.05) is 11.8 Å². The summed E-state index contributed by atoms with van der Waals surface area (Å²) < 4.78 is 0. The number of fused-ring (bicyclic) bond motifs is 1. The minimum absolute atomic E-state index is 0.366. The van der Waals surface area contributed by atoms with Gasteiger partial charge < -0.3 is 5.11 Å². The summed E-state index contributed by atoms with van der Waals surface area (Å²) in [6, 6.07) is 6.33. The van der Waals surface area contributed by atoms with Gasteiger partial charge in [0.05, 0.1) is 6.04 Å². The van der Waals surface area contributed by atoms with Crippen molar-refractivity contribution in [3.63, 3.8) is 0 Å². The average Bonchev–Trinajstić information content (AvgIpc) is 3.15. The van der Waals surface area contributed by atoms with Crippen LogP contribution in [0, 0.1) is 18.8 Å². The number of aromatic hydroxyl groups is 1. The number of nitrogens with zero attached hydrogens (tertiary/aromatic N) is 1. The summed E-state index contributed by atoms with van der Waals surface area (Å²) >= 11 is -0.826. The molecule has 2 atom stereocenters. The second-order valence-corrected chi connectivity index (χ2v) is 8.15. The Morgan fingerprint density at radius 1 is 1.41 bits per heavy atom. The van der Waals surface area contributed by atoms with Gasteiger partial charge in [0.2, 0.25) is 0 Å². The molecule has 2 aliphatic rings. The molecule has 0 bridgehead atoms. The number of phenols is 1. The first-order valence-corrected chi connectivity index (χ1v) is 11.8. The summed E-state index contributed by atoms with van der Waals surface area (Å²) in [4.78, 5) is 4.45. The van der Waals surface area contributed by atoms with Crippen LogP contribution in [0.15, 0.2) is 23.2 Å². The van der Waals surface area contributed by atoms with Crippen LogP contribution in [0.5, 0.6) is 5.75 Å². The second kappa shape index (κ2) is 5.86. The molecule has 17 heavy (non-hydrogen) atoms. The molecule has 2 unspecified atom stereocenters. The van der Waals surface area contributed by atoms with Crippen LogP contribution < -0.4 is 0 Å². The Balaban J connectivity index is 0.000000329. The van der Waals surface area contributed by atoms with E-state index in [9.17, 15) is 5.11 Å². The summed E-state index contributed by atoms with van der Waals surface area (Å²) in [6.45, 7) is 1.90. The quantitative estimate of drug-likeness (QED) is 0.814. The van der Waals surface area contributed by atoms with Gasteiger partial charge in [0.15, 0.2) is 0 Å². The maximum absolute atomic E-state index is 9.72. The molecule has 1 N–H and O–H groups in total. The Bertz CT molecular complexity index is 431. The van der Waals surface area contributed by atoms with E-state index in [1.54, 1.807) is 0 Å². The van der Waals surface area contributed by atoms with Crippen molar-refractivity contribution in [2.24, 2.45) is 16.8 Å². The Morgan fingerprint density at radius 3 is 2.59 bits per heavy atom. The zero-order valence-corrected chi connectivity index (χ0v) is 13.4. The van der Waals surface area contributed by atoms with Crippen LogP contribution in [-0.4, -0.2) is 17.4 Å². The molecule has 2 nitrogen and oxygen atoms in total. The Hall–Kier alpha value is 0.153. The van der Waals surface area contributed by atoms with Gasteiger partial charge >= 0.3 is 37.9 Å². The molecule has 2 fully saturated rings. The molecule has 1 aromatic carbocycles. The van der Waals surface area contributed by atoms with Gasteiger partial charge in [-0.3, -0.25) is 4.99 Å². The predicted molar refractivity (Wildman–Crippen MR) is 67.5 cm³/mol. The van der Waals surface area contributed by atoms with Crippen molar-refractivity contribution in [2.75, 3.05) is 0 Å². The van der Waals surface area contributed by atoms with Crippen molar-refractivity contribution in [3.05, 3.63) is 29.3 Å². The summed E-state index contributed by atoms with van der Waals surface area (Å²) in [6.07, 6.45) is 3.20. The number of benzene rings is 1. The van der Waals surface area contributed by atoms with E-state index in [1.807, 2.05) is 31.3 Å². The van der Waals surface area contributed by atoms with Crippen molar-refractivity contribution in [3.8, 4) is 5.75 Å². The van der Waals surface area contributed by atoms with Crippen LogP contribution in [0.3, 0.4) is 0 Å². The van der Waals surface area contributed by atoms with Crippen molar-refractivity contribution in [1.82, 2.24) is 0 Å². The first-order chi connectivity index (χ1) is 8.19. The molecule has 0 aromatic heterocycles. The van der Waals surface area contributed by atoms with E-state index in [2.05, 4.69) is 4.99 Å². The zero-order valence-electron chi connectivity index (χ0n) is 9.40. The van der Waals surface area contributed by atoms with Gasteiger partial charge in [-0.2, -0.15) is 0 Å². The fraction of sp³-hybridized carbons (Fsp3) is 0.417. The minimum atomic E-state index is -0.826. The number of hydrogen-bond acceptors (Lipinski definition) is 2. The number of aryl methyl sites for hydroxylation is 1. The monoisotopic (exact) mass is 347 g/mol. The molecule has 0 saturated heterocycles. The predicted octanol–water partition coefficient (Wildman–Crippen LogP) is 3.51. The fourth-order valence-electron chi connectivity index (χ4n) is 1.92. The number of hydrogen-bond donors (Lipinski definition) is 1. The van der Waals surface area contributed by atoms with E-state index in [4.69, 9.17) is 17.0 Å². The summed E-state index contributed by atoms with van der Waals surface area (Å²) in [5.74, 6) is 2.14. The Kier molecular flexibility index (Phi) is 4.68. The van der Waals surface area contributed by atoms with Gasteiger partial charge in [-0.25, -0.2) is 0 Å². The molecule has 0 aliphatic heterocycles. The standard InChI is InChI=1S/C12H13NO.2ClH.Zr/c1-7-3-2-4-8(12(7)14)6-13-11-9-5-10(9)11;;;/h2-4,6,9-11,14H,5H2,1H3;2*1H;/q;;;+2/p-2. The van der Waals surface area contributed by atoms with Crippen molar-refractivity contribution in [2.45, 2.75) is 19.4 Å². The number of rotatable bonds is 2. The van der Waals surface area contributed by atoms with Gasteiger partial charge in [-0.1, -0.05) is 12.1 Å². The summed E-state index contributed by atoms with van der Waals surface area (Å²) in [5, 5.41) is 9.72. The van der Waals surface area contributed by atoms with E-state index in [0.717, 1.165) is 23.0 Å². The van der Waals surface area contributed by atoms with Crippen molar-refractivity contribution in [1.29, 1.82) is 0 Å². The first-order valence-electron chi connectivity index (χ1n) is 5.47. The van der Waals surface area contributed by atoms with E-state index in [0.29, 0.717) is 11.8 Å². The van der Waals surface area contributed by atoms with Gasteiger partial charge in [0.25, 0.3) is 0 Å². The van der Waals surface area contributed by atoms with Crippen LogP contribution in [0.1, 0.15) is 17.5 Å². The molecule has 2 aliphatic carbocycles. The molecule has 2 saturated carbocycles. The SMILES string of the molecule is Cc1cccc(C=NC2C3CC32)c1O.[Cl][Zr][Cl]. The molecule has 5 heteroatoms. The molecule has 90 valence electrons. The first kappa shape index (κ1) is 13.6. The number of phenolic OH excluding ortho intramolecular Hbond substituents is 1. The topological polar surface area (TPSA) is 32.6 Å². The Labute approximate surface area is 120 Å². The second-order valence-electron chi connectivity index (χ2n) is 4.42. The summed E-state index contributed by atoms with van der Waals surface area (Å²) in [7, 11) is 9.87. The normalized spacial score (nSPS) is 28.1. The van der Waals surface area contributed by atoms with Crippen LogP contribution >= 0.6 is 17.0 Å². The van der Waals surface area contributed by atoms with Crippen molar-refractivity contribution >= 4 is 23.2 Å². The van der Waals surface area contributed by atoms with Crippen molar-refractivity contribution < 1.29 is 26.0 Å². The van der Waals surface area contributed by atoms with E-state index in [1.165, 1.54) is 6.42 Å². The molecule has 0 spiro atoms. The number of aliphatic imine (C=N–C) groups is 1. The van der Waals surface area contributed by atoms with Gasteiger partial charge in [0.1, 0.15) is 5.75 Å². The van der Waals surface area contributed by atoms with Crippen LogP contribution in [0.25, 0.3) is 0 Å². The molecule has 0 heterocycles. The molecule has 1 aromatic rings. The van der Waals surface area contributed by atoms with E-state index < -0.39 is 20.8 Å². The third-order valence-electron chi connectivity index (χ3n) is 3.28. The third-order valence-corrected chi connectivity index (χ3v) is 3.28. The molecule has 0 amide bonds. The van der Waals surface area contributed by atoms with Crippen LogP contribution in [0.4, 0.5) is 0 Å². The van der Waals surface area contributed by atoms with E-state index >= 15 is 0 Å². The molecule has 3 rings (SSSR count). The number of halogens is 2. The van der Waals surface area contributed by atoms with Gasteiger partial charge in [-0.15, -0.1) is 0 Å². The van der Waals surface area contributed by atoms with Gasteiger partial charge in [-0.05, 0) is 36.8 Å². The van der Waals surface area contributed by atoms with Crippen LogP contribution in [0.2, 0.25) is 0 Å². The molecular weight excluding hydrogens is 336 g/mol. The third kappa shape index (κ3) is 3.33. The molecular formula is C12H13Cl2NOZr. The average molecular weight is 349 g/mol. The maximum atomic E-state index is 9.72. The summed E-state index contributed by atoms with van der Waals surface area (Å²) in [5.41, 5.74) is 1.76.